The molecule has 1 amide bonds. The minimum absolute atomic E-state index is 0.0149. The van der Waals surface area contributed by atoms with Gasteiger partial charge in [0, 0.05) is 32.9 Å². The Morgan fingerprint density at radius 1 is 1.15 bits per heavy atom. The second-order valence-corrected chi connectivity index (χ2v) is 10.6. The van der Waals surface area contributed by atoms with Crippen molar-refractivity contribution in [3.63, 3.8) is 0 Å². The summed E-state index contributed by atoms with van der Waals surface area (Å²) in [5.41, 5.74) is 0.830. The zero-order valence-electron chi connectivity index (χ0n) is 23.8. The van der Waals surface area contributed by atoms with Crippen molar-refractivity contribution in [1.82, 2.24) is 34.0 Å². The molecule has 0 spiro atoms. The molecular formula is C28H34N8O4. The number of pyridine rings is 2. The van der Waals surface area contributed by atoms with Crippen LogP contribution >= 0.6 is 0 Å². The molecule has 12 heteroatoms. The monoisotopic (exact) mass is 546 g/mol. The van der Waals surface area contributed by atoms with Crippen molar-refractivity contribution in [1.29, 1.82) is 0 Å². The summed E-state index contributed by atoms with van der Waals surface area (Å²) in [5.74, 6) is 6.30. The number of ether oxygens (including phenoxy) is 1. The fraction of sp³-hybridized carbons (Fsp3) is 0.429. The molecule has 0 saturated heterocycles. The van der Waals surface area contributed by atoms with Crippen LogP contribution in [0.5, 0.6) is 0 Å². The highest BCUT2D eigenvalue weighted by Gasteiger charge is 2.24. The van der Waals surface area contributed by atoms with Crippen LogP contribution in [0.4, 0.5) is 10.7 Å². The van der Waals surface area contributed by atoms with Gasteiger partial charge in [-0.15, -0.1) is 5.92 Å². The quantitative estimate of drug-likeness (QED) is 0.350. The number of hydrogen-bond donors (Lipinski definition) is 1. The average molecular weight is 547 g/mol. The molecule has 4 rings (SSSR count). The number of alkyl carbamates (subject to hydrolysis) is 1. The van der Waals surface area contributed by atoms with E-state index in [0.717, 1.165) is 10.1 Å². The molecular weight excluding hydrogens is 512 g/mol. The standard InChI is InChI=1S/C28H34N8O4/c1-8-9-15-35-22-23(32-25(35)33(6)16-18(2)30-26(38)40-28(3,4)5)34(7)27(39)36(24(22)37)17-19-12-13-20-21(31-19)11-10-14-29-20/h10-14,18H,15-17H2,1-7H3,(H,30,38)/t18-/m0/s1. The number of rotatable bonds is 7. The van der Waals surface area contributed by atoms with Gasteiger partial charge in [0.25, 0.3) is 5.56 Å². The number of aryl methyl sites for hydroxylation is 1. The van der Waals surface area contributed by atoms with Crippen LogP contribution in [-0.2, 0) is 24.9 Å². The molecule has 0 aliphatic carbocycles. The molecule has 0 fully saturated rings. The summed E-state index contributed by atoms with van der Waals surface area (Å²) in [5, 5.41) is 2.81. The number of amides is 1. The first-order chi connectivity index (χ1) is 18.9. The number of anilines is 1. The number of nitrogens with one attached hydrogen (secondary N) is 1. The maximum Gasteiger partial charge on any atom is 0.407 e. The minimum Gasteiger partial charge on any atom is -0.444 e. The fourth-order valence-electron chi connectivity index (χ4n) is 4.39. The minimum atomic E-state index is -0.619. The van der Waals surface area contributed by atoms with E-state index in [4.69, 9.17) is 4.74 Å². The Bertz CT molecular complexity index is 1750. The van der Waals surface area contributed by atoms with Gasteiger partial charge in [0.2, 0.25) is 5.95 Å². The van der Waals surface area contributed by atoms with E-state index in [1.54, 1.807) is 64.7 Å². The lowest BCUT2D eigenvalue weighted by molar-refractivity contribution is 0.0510. The average Bonchev–Trinajstić information content (AvgIpc) is 3.27. The second-order valence-electron chi connectivity index (χ2n) is 10.6. The van der Waals surface area contributed by atoms with Gasteiger partial charge in [-0.3, -0.25) is 23.5 Å². The van der Waals surface area contributed by atoms with Gasteiger partial charge in [0.1, 0.15) is 5.60 Å². The van der Waals surface area contributed by atoms with Crippen molar-refractivity contribution in [2.24, 2.45) is 7.05 Å². The van der Waals surface area contributed by atoms with Gasteiger partial charge >= 0.3 is 11.8 Å². The molecule has 40 heavy (non-hydrogen) atoms. The Labute approximate surface area is 231 Å². The summed E-state index contributed by atoms with van der Waals surface area (Å²) in [4.78, 5) is 54.7. The van der Waals surface area contributed by atoms with E-state index >= 15 is 0 Å². The molecule has 4 heterocycles. The van der Waals surface area contributed by atoms with Crippen LogP contribution in [0.15, 0.2) is 40.1 Å². The maximum absolute atomic E-state index is 13.8. The summed E-state index contributed by atoms with van der Waals surface area (Å²) in [6.45, 7) is 9.48. The number of likely N-dealkylation sites (N-methyl/N-ethyl adjacent to an activating group) is 1. The molecule has 4 aromatic rings. The van der Waals surface area contributed by atoms with Gasteiger partial charge in [-0.2, -0.15) is 4.98 Å². The predicted molar refractivity (Wildman–Crippen MR) is 153 cm³/mol. The molecule has 0 saturated carbocycles. The zero-order valence-corrected chi connectivity index (χ0v) is 23.8. The highest BCUT2D eigenvalue weighted by molar-refractivity contribution is 5.75. The molecule has 1 N–H and O–H groups in total. The molecule has 210 valence electrons. The Morgan fingerprint density at radius 2 is 1.90 bits per heavy atom. The van der Waals surface area contributed by atoms with Crippen LogP contribution in [-0.4, -0.2) is 60.0 Å². The lowest BCUT2D eigenvalue weighted by Crippen LogP contribution is -2.43. The third-order valence-corrected chi connectivity index (χ3v) is 6.11. The lowest BCUT2D eigenvalue weighted by atomic mass is 10.2. The van der Waals surface area contributed by atoms with E-state index in [9.17, 15) is 14.4 Å². The van der Waals surface area contributed by atoms with Gasteiger partial charge in [-0.1, -0.05) is 5.92 Å². The smallest absolute Gasteiger partial charge is 0.407 e. The Kier molecular flexibility index (Phi) is 7.95. The van der Waals surface area contributed by atoms with Crippen LogP contribution in [0.3, 0.4) is 0 Å². The van der Waals surface area contributed by atoms with E-state index in [1.807, 2.05) is 24.0 Å². The van der Waals surface area contributed by atoms with Crippen LogP contribution in [0, 0.1) is 11.8 Å². The van der Waals surface area contributed by atoms with Crippen molar-refractivity contribution in [2.45, 2.75) is 59.4 Å². The van der Waals surface area contributed by atoms with E-state index in [1.165, 1.54) is 4.57 Å². The number of aromatic nitrogens is 6. The lowest BCUT2D eigenvalue weighted by Gasteiger charge is -2.25. The molecule has 0 aliphatic rings. The van der Waals surface area contributed by atoms with Crippen LogP contribution in [0.2, 0.25) is 0 Å². The van der Waals surface area contributed by atoms with Gasteiger partial charge < -0.3 is 15.0 Å². The van der Waals surface area contributed by atoms with Gasteiger partial charge in [-0.25, -0.2) is 14.6 Å². The number of fused-ring (bicyclic) bond motifs is 2. The van der Waals surface area contributed by atoms with Crippen LogP contribution in [0.25, 0.3) is 22.2 Å². The van der Waals surface area contributed by atoms with Crippen molar-refractivity contribution in [3.8, 4) is 11.8 Å². The number of carbonyl (C=O) groups is 1. The number of nitrogens with zero attached hydrogens (tertiary/aromatic N) is 7. The third kappa shape index (κ3) is 5.98. The zero-order chi connectivity index (χ0) is 29.2. The summed E-state index contributed by atoms with van der Waals surface area (Å²) >= 11 is 0. The molecule has 0 bridgehead atoms. The van der Waals surface area contributed by atoms with Gasteiger partial charge in [0.15, 0.2) is 11.2 Å². The molecule has 0 aliphatic heterocycles. The van der Waals surface area contributed by atoms with Crippen molar-refractivity contribution >= 4 is 34.2 Å². The first-order valence-electron chi connectivity index (χ1n) is 12.9. The predicted octanol–water partition coefficient (Wildman–Crippen LogP) is 2.26. The molecule has 4 aromatic heterocycles. The molecule has 0 unspecified atom stereocenters. The van der Waals surface area contributed by atoms with Crippen molar-refractivity contribution in [2.75, 3.05) is 18.5 Å². The summed E-state index contributed by atoms with van der Waals surface area (Å²) < 4.78 is 9.56. The number of carbonyl (C=O) groups excluding carboxylic acids is 1. The van der Waals surface area contributed by atoms with Crippen molar-refractivity contribution in [3.05, 3.63) is 57.0 Å². The topological polar surface area (TPSA) is 129 Å². The molecule has 1 atom stereocenters. The first-order valence-corrected chi connectivity index (χ1v) is 12.9. The number of hydrogen-bond acceptors (Lipinski definition) is 8. The van der Waals surface area contributed by atoms with Crippen LogP contribution in [0.1, 0.15) is 40.3 Å². The van der Waals surface area contributed by atoms with E-state index in [0.29, 0.717) is 23.7 Å². The summed E-state index contributed by atoms with van der Waals surface area (Å²) in [7, 11) is 3.38. The Morgan fingerprint density at radius 3 is 2.60 bits per heavy atom. The fourth-order valence-corrected chi connectivity index (χ4v) is 4.39. The Balaban J connectivity index is 1.73. The SMILES string of the molecule is CC#CCn1c(N(C)C[C@H](C)NC(=O)OC(C)(C)C)nc2c1c(=O)n(Cc1ccc3ncccc3n1)c(=O)n2C. The Hall–Kier alpha value is -4.66. The largest absolute Gasteiger partial charge is 0.444 e. The highest BCUT2D eigenvalue weighted by atomic mass is 16.6. The van der Waals surface area contributed by atoms with E-state index in [-0.39, 0.29) is 30.3 Å². The first kappa shape index (κ1) is 28.4. The van der Waals surface area contributed by atoms with Gasteiger partial charge in [-0.05, 0) is 58.9 Å². The summed E-state index contributed by atoms with van der Waals surface area (Å²) in [6, 6.07) is 6.87. The summed E-state index contributed by atoms with van der Waals surface area (Å²) in [6.07, 6.45) is 1.16. The highest BCUT2D eigenvalue weighted by Crippen LogP contribution is 2.19. The van der Waals surface area contributed by atoms with E-state index < -0.39 is 22.9 Å². The van der Waals surface area contributed by atoms with Crippen molar-refractivity contribution < 1.29 is 9.53 Å². The number of imidazole rings is 1. The van der Waals surface area contributed by atoms with Crippen LogP contribution < -0.4 is 21.5 Å². The second kappa shape index (κ2) is 11.2. The van der Waals surface area contributed by atoms with E-state index in [2.05, 4.69) is 32.1 Å². The molecule has 0 radical (unpaired) electrons. The normalized spacial score (nSPS) is 12.2. The van der Waals surface area contributed by atoms with Gasteiger partial charge in [0.05, 0.1) is 29.8 Å². The molecule has 0 aromatic carbocycles. The third-order valence-electron chi connectivity index (χ3n) is 6.11. The maximum atomic E-state index is 13.8. The molecule has 12 nitrogen and oxygen atoms in total.